The highest BCUT2D eigenvalue weighted by molar-refractivity contribution is 7.89. The topological polar surface area (TPSA) is 208 Å². The minimum absolute atomic E-state index is 0.146. The second-order valence-corrected chi connectivity index (χ2v) is 15.0. The van der Waals surface area contributed by atoms with Crippen molar-refractivity contribution < 1.29 is 41.0 Å². The molecule has 18 heteroatoms. The normalized spacial score (nSPS) is 17.2. The second-order valence-electron chi connectivity index (χ2n) is 11.2. The lowest BCUT2D eigenvalue weighted by atomic mass is 10.2. The van der Waals surface area contributed by atoms with E-state index in [-0.39, 0.29) is 58.7 Å². The first-order valence-corrected chi connectivity index (χ1v) is 16.7. The molecule has 0 spiro atoms. The molecule has 1 aliphatic heterocycles. The lowest BCUT2D eigenvalue weighted by molar-refractivity contribution is -0.388. The summed E-state index contributed by atoms with van der Waals surface area (Å²) in [5, 5.41) is 23.2. The van der Waals surface area contributed by atoms with E-state index in [1.54, 1.807) is 20.8 Å². The van der Waals surface area contributed by atoms with Gasteiger partial charge in [-0.3, -0.25) is 34.7 Å². The van der Waals surface area contributed by atoms with Gasteiger partial charge in [-0.25, -0.2) is 16.8 Å². The molecule has 0 N–H and O–H groups in total. The van der Waals surface area contributed by atoms with Gasteiger partial charge in [0, 0.05) is 64.2 Å². The van der Waals surface area contributed by atoms with Gasteiger partial charge < -0.3 is 4.74 Å². The summed E-state index contributed by atoms with van der Waals surface area (Å²) in [6, 6.07) is 9.60. The highest BCUT2D eigenvalue weighted by Crippen LogP contribution is 2.28. The SMILES string of the molecule is CC(C)(C)OC(=O)CN1CCN(S(=O)(=O)c2ccccc2[N+](=O)[O-])CCC(=O)CCN(S(=O)(=O)c2ccccc2[N+](=O)[O-])CC1. The summed E-state index contributed by atoms with van der Waals surface area (Å²) in [7, 11) is -8.97. The van der Waals surface area contributed by atoms with Gasteiger partial charge >= 0.3 is 5.97 Å². The van der Waals surface area contributed by atoms with Crippen LogP contribution in [0.4, 0.5) is 11.4 Å². The number of hydrogen-bond acceptors (Lipinski definition) is 12. The first-order valence-electron chi connectivity index (χ1n) is 13.9. The Hall–Kier alpha value is -3.84. The number of nitro groups is 2. The van der Waals surface area contributed by atoms with Gasteiger partial charge in [-0.05, 0) is 32.9 Å². The van der Waals surface area contributed by atoms with Crippen molar-refractivity contribution in [1.82, 2.24) is 13.5 Å². The van der Waals surface area contributed by atoms with Gasteiger partial charge in [0.25, 0.3) is 11.4 Å². The van der Waals surface area contributed by atoms with Gasteiger partial charge in [0.2, 0.25) is 20.0 Å². The van der Waals surface area contributed by atoms with Gasteiger partial charge in [-0.2, -0.15) is 8.61 Å². The summed E-state index contributed by atoms with van der Waals surface area (Å²) in [5.74, 6) is -1.17. The number of benzene rings is 2. The summed E-state index contributed by atoms with van der Waals surface area (Å²) >= 11 is 0. The van der Waals surface area contributed by atoms with Crippen molar-refractivity contribution in [3.63, 3.8) is 0 Å². The average Bonchev–Trinajstić information content (AvgIpc) is 2.94. The van der Waals surface area contributed by atoms with Crippen molar-refractivity contribution in [2.24, 2.45) is 0 Å². The Bertz CT molecular complexity index is 1550. The van der Waals surface area contributed by atoms with Gasteiger partial charge in [-0.15, -0.1) is 0 Å². The van der Waals surface area contributed by atoms with E-state index in [4.69, 9.17) is 4.74 Å². The van der Waals surface area contributed by atoms with Gasteiger partial charge in [0.1, 0.15) is 11.4 Å². The molecule has 16 nitrogen and oxygen atoms in total. The van der Waals surface area contributed by atoms with E-state index in [0.29, 0.717) is 0 Å². The number of hydrogen-bond donors (Lipinski definition) is 0. The molecule has 2 aromatic rings. The van der Waals surface area contributed by atoms with Crippen LogP contribution in [0.1, 0.15) is 33.6 Å². The van der Waals surface area contributed by atoms with Crippen LogP contribution in [-0.2, 0) is 34.4 Å². The Morgan fingerprint density at radius 1 is 0.756 bits per heavy atom. The van der Waals surface area contributed by atoms with Crippen LogP contribution in [0, 0.1) is 20.2 Å². The maximum Gasteiger partial charge on any atom is 0.320 e. The Morgan fingerprint density at radius 3 is 1.53 bits per heavy atom. The molecule has 2 aromatic carbocycles. The van der Waals surface area contributed by atoms with Crippen molar-refractivity contribution in [2.45, 2.75) is 49.0 Å². The molecular weight excluding hydrogens is 634 g/mol. The number of Topliss-reactive ketones (excluding diaryl/α,β-unsaturated/α-hetero) is 1. The maximum atomic E-state index is 13.6. The van der Waals surface area contributed by atoms with Crippen molar-refractivity contribution >= 4 is 43.2 Å². The van der Waals surface area contributed by atoms with Crippen LogP contribution in [0.3, 0.4) is 0 Å². The first kappa shape index (κ1) is 35.6. The van der Waals surface area contributed by atoms with Crippen molar-refractivity contribution in [1.29, 1.82) is 0 Å². The van der Waals surface area contributed by atoms with Crippen LogP contribution in [-0.4, -0.2) is 103 Å². The zero-order chi connectivity index (χ0) is 33.6. The third-order valence-corrected chi connectivity index (χ3v) is 10.6. The number of nitro benzene ring substituents is 2. The molecule has 45 heavy (non-hydrogen) atoms. The molecule has 3 rings (SSSR count). The predicted octanol–water partition coefficient (Wildman–Crippen LogP) is 2.19. The van der Waals surface area contributed by atoms with Gasteiger partial charge in [0.05, 0.1) is 16.4 Å². The van der Waals surface area contributed by atoms with Crippen LogP contribution in [0.5, 0.6) is 0 Å². The van der Waals surface area contributed by atoms with Crippen LogP contribution in [0.25, 0.3) is 0 Å². The number of sulfonamides is 2. The van der Waals surface area contributed by atoms with Crippen LogP contribution in [0.15, 0.2) is 58.3 Å². The lowest BCUT2D eigenvalue weighted by Gasteiger charge is -2.30. The monoisotopic (exact) mass is 669 g/mol. The van der Waals surface area contributed by atoms with Crippen LogP contribution < -0.4 is 0 Å². The van der Waals surface area contributed by atoms with Gasteiger partial charge in [0.15, 0.2) is 9.79 Å². The fraction of sp³-hybridized carbons (Fsp3) is 0.481. The number of carbonyl (C=O) groups excluding carboxylic acids is 2. The number of ether oxygens (including phenoxy) is 1. The second kappa shape index (κ2) is 14.5. The van der Waals surface area contributed by atoms with Crippen LogP contribution >= 0.6 is 0 Å². The highest BCUT2D eigenvalue weighted by atomic mass is 32.2. The standard InChI is InChI=1S/C27H35N5O11S2/c1-27(2,3)43-26(34)20-28-16-18-29(44(39,40)24-10-6-4-8-22(24)31(35)36)14-12-21(33)13-15-30(19-17-28)45(41,42)25-11-7-5-9-23(25)32(37)38/h4-11H,12-20H2,1-3H3. The number of para-hydroxylation sites is 2. The average molecular weight is 670 g/mol. The smallest absolute Gasteiger partial charge is 0.320 e. The zero-order valence-corrected chi connectivity index (χ0v) is 26.7. The van der Waals surface area contributed by atoms with E-state index in [2.05, 4.69) is 0 Å². The van der Waals surface area contributed by atoms with E-state index < -0.39 is 68.4 Å². The third kappa shape index (κ3) is 9.33. The number of carbonyl (C=O) groups is 2. The number of rotatable bonds is 8. The zero-order valence-electron chi connectivity index (χ0n) is 25.0. The van der Waals surface area contributed by atoms with E-state index in [0.717, 1.165) is 32.9 Å². The molecule has 0 radical (unpaired) electrons. The van der Waals surface area contributed by atoms with E-state index in [1.165, 1.54) is 29.2 Å². The third-order valence-electron chi connectivity index (χ3n) is 6.74. The maximum absolute atomic E-state index is 13.6. The fourth-order valence-corrected chi connectivity index (χ4v) is 7.77. The highest BCUT2D eigenvalue weighted by Gasteiger charge is 2.35. The first-order chi connectivity index (χ1) is 20.9. The molecule has 0 bridgehead atoms. The molecule has 1 fully saturated rings. The lowest BCUT2D eigenvalue weighted by Crippen LogP contribution is -2.46. The molecule has 0 atom stereocenters. The molecule has 1 heterocycles. The Labute approximate surface area is 261 Å². The van der Waals surface area contributed by atoms with Crippen molar-refractivity contribution in [3.8, 4) is 0 Å². The quantitative estimate of drug-likeness (QED) is 0.225. The Morgan fingerprint density at radius 2 is 1.16 bits per heavy atom. The predicted molar refractivity (Wildman–Crippen MR) is 160 cm³/mol. The summed E-state index contributed by atoms with van der Waals surface area (Å²) in [5.41, 5.74) is -2.14. The minimum Gasteiger partial charge on any atom is -0.459 e. The molecular formula is C27H35N5O11S2. The summed E-state index contributed by atoms with van der Waals surface area (Å²) in [6.45, 7) is 2.95. The Kier molecular flexibility index (Phi) is 11.5. The van der Waals surface area contributed by atoms with Crippen molar-refractivity contribution in [3.05, 3.63) is 68.8 Å². The molecule has 0 aliphatic carbocycles. The molecule has 0 saturated carbocycles. The summed E-state index contributed by atoms with van der Waals surface area (Å²) in [6.07, 6.45) is -0.684. The Balaban J connectivity index is 1.98. The summed E-state index contributed by atoms with van der Waals surface area (Å²) in [4.78, 5) is 47.5. The van der Waals surface area contributed by atoms with E-state index in [1.807, 2.05) is 0 Å². The molecule has 1 aliphatic rings. The fourth-order valence-electron chi connectivity index (χ4n) is 4.59. The largest absolute Gasteiger partial charge is 0.459 e. The molecule has 1 saturated heterocycles. The van der Waals surface area contributed by atoms with E-state index >= 15 is 0 Å². The molecule has 0 aromatic heterocycles. The summed E-state index contributed by atoms with van der Waals surface area (Å²) < 4.78 is 61.8. The molecule has 0 unspecified atom stereocenters. The number of ketones is 1. The van der Waals surface area contributed by atoms with Crippen molar-refractivity contribution in [2.75, 3.05) is 45.8 Å². The number of nitrogens with zero attached hydrogens (tertiary/aromatic N) is 5. The minimum atomic E-state index is -4.49. The van der Waals surface area contributed by atoms with Gasteiger partial charge in [-0.1, -0.05) is 24.3 Å². The molecule has 246 valence electrons. The number of esters is 1. The van der Waals surface area contributed by atoms with E-state index in [9.17, 15) is 46.7 Å². The molecule has 0 amide bonds. The van der Waals surface area contributed by atoms with Crippen LogP contribution in [0.2, 0.25) is 0 Å².